The Bertz CT molecular complexity index is 285. The van der Waals surface area contributed by atoms with Crippen molar-refractivity contribution in [2.45, 2.75) is 18.9 Å². The number of carbonyl (C=O) groups is 3. The highest BCUT2D eigenvalue weighted by molar-refractivity contribution is 8.00. The Kier molecular flexibility index (Phi) is 8.16. The molecule has 1 unspecified atom stereocenters. The Morgan fingerprint density at radius 2 is 1.94 bits per heavy atom. The van der Waals surface area contributed by atoms with Crippen molar-refractivity contribution < 1.29 is 24.6 Å². The van der Waals surface area contributed by atoms with Crippen molar-refractivity contribution in [3.63, 3.8) is 0 Å². The quantitative estimate of drug-likeness (QED) is 0.397. The Hall–Kier alpha value is -1.28. The third-order valence-electron chi connectivity index (χ3n) is 1.74. The SMILES string of the molecule is NC(CSCC(=O)NCCCC(=O)O)C(=O)O. The lowest BCUT2D eigenvalue weighted by Crippen LogP contribution is -2.33. The fourth-order valence-corrected chi connectivity index (χ4v) is 1.67. The summed E-state index contributed by atoms with van der Waals surface area (Å²) < 4.78 is 0. The van der Waals surface area contributed by atoms with Gasteiger partial charge >= 0.3 is 11.9 Å². The molecule has 17 heavy (non-hydrogen) atoms. The second-order valence-corrected chi connectivity index (χ2v) is 4.34. The second-order valence-electron chi connectivity index (χ2n) is 3.31. The minimum atomic E-state index is -1.10. The predicted octanol–water partition coefficient (Wildman–Crippen LogP) is -0.887. The van der Waals surface area contributed by atoms with Crippen molar-refractivity contribution in [1.82, 2.24) is 5.32 Å². The number of thioether (sulfide) groups is 1. The molecule has 0 rings (SSSR count). The molecule has 0 saturated carbocycles. The standard InChI is InChI=1S/C9H16N2O5S/c10-6(9(15)16)4-17-5-7(12)11-3-1-2-8(13)14/h6H,1-5,10H2,(H,11,12)(H,13,14)(H,15,16). The summed E-state index contributed by atoms with van der Waals surface area (Å²) in [6.45, 7) is 0.302. The van der Waals surface area contributed by atoms with Gasteiger partial charge in [0.1, 0.15) is 6.04 Å². The van der Waals surface area contributed by atoms with E-state index in [1.807, 2.05) is 0 Å². The van der Waals surface area contributed by atoms with Gasteiger partial charge in [0.15, 0.2) is 0 Å². The molecule has 0 aromatic heterocycles. The number of nitrogens with one attached hydrogen (secondary N) is 1. The molecule has 1 atom stereocenters. The summed E-state index contributed by atoms with van der Waals surface area (Å²) in [5.41, 5.74) is 5.24. The van der Waals surface area contributed by atoms with Crippen LogP contribution in [0.25, 0.3) is 0 Å². The van der Waals surface area contributed by atoms with Crippen LogP contribution in [0.1, 0.15) is 12.8 Å². The Morgan fingerprint density at radius 1 is 1.29 bits per heavy atom. The van der Waals surface area contributed by atoms with Crippen molar-refractivity contribution in [2.75, 3.05) is 18.1 Å². The lowest BCUT2D eigenvalue weighted by Gasteiger charge is -2.06. The minimum absolute atomic E-state index is 0.0112. The van der Waals surface area contributed by atoms with Crippen molar-refractivity contribution >= 4 is 29.6 Å². The summed E-state index contributed by atoms with van der Waals surface area (Å²) in [7, 11) is 0. The van der Waals surface area contributed by atoms with Crippen LogP contribution in [-0.4, -0.2) is 52.2 Å². The maximum atomic E-state index is 11.2. The van der Waals surface area contributed by atoms with E-state index in [4.69, 9.17) is 15.9 Å². The van der Waals surface area contributed by atoms with Gasteiger partial charge in [-0.25, -0.2) is 0 Å². The first-order valence-electron chi connectivity index (χ1n) is 4.98. The van der Waals surface area contributed by atoms with Gasteiger partial charge in [-0.1, -0.05) is 0 Å². The number of amides is 1. The van der Waals surface area contributed by atoms with E-state index in [-0.39, 0.29) is 23.8 Å². The third-order valence-corrected chi connectivity index (χ3v) is 2.80. The van der Waals surface area contributed by atoms with Gasteiger partial charge in [-0.05, 0) is 6.42 Å². The van der Waals surface area contributed by atoms with E-state index in [9.17, 15) is 14.4 Å². The first-order valence-corrected chi connectivity index (χ1v) is 6.13. The topological polar surface area (TPSA) is 130 Å². The Balaban J connectivity index is 3.47. The maximum absolute atomic E-state index is 11.2. The van der Waals surface area contributed by atoms with E-state index >= 15 is 0 Å². The van der Waals surface area contributed by atoms with Gasteiger partial charge < -0.3 is 21.3 Å². The molecule has 0 fully saturated rings. The van der Waals surface area contributed by atoms with Crippen molar-refractivity contribution in [3.05, 3.63) is 0 Å². The molecule has 7 nitrogen and oxygen atoms in total. The molecule has 0 heterocycles. The second kappa shape index (κ2) is 8.82. The summed E-state index contributed by atoms with van der Waals surface area (Å²) in [6, 6.07) is -0.972. The normalized spacial score (nSPS) is 11.8. The van der Waals surface area contributed by atoms with Crippen molar-refractivity contribution in [3.8, 4) is 0 Å². The molecule has 0 bridgehead atoms. The van der Waals surface area contributed by atoms with Crippen LogP contribution >= 0.6 is 11.8 Å². The van der Waals surface area contributed by atoms with E-state index < -0.39 is 18.0 Å². The zero-order valence-corrected chi connectivity index (χ0v) is 10.0. The lowest BCUT2D eigenvalue weighted by molar-refractivity contribution is -0.138. The minimum Gasteiger partial charge on any atom is -0.481 e. The lowest BCUT2D eigenvalue weighted by atomic mass is 10.3. The highest BCUT2D eigenvalue weighted by Gasteiger charge is 2.11. The average Bonchev–Trinajstić information content (AvgIpc) is 2.23. The van der Waals surface area contributed by atoms with Crippen LogP contribution in [0.3, 0.4) is 0 Å². The molecular weight excluding hydrogens is 248 g/mol. The van der Waals surface area contributed by atoms with Crippen LogP contribution in [0.15, 0.2) is 0 Å². The zero-order valence-electron chi connectivity index (χ0n) is 9.22. The van der Waals surface area contributed by atoms with E-state index in [0.717, 1.165) is 11.8 Å². The van der Waals surface area contributed by atoms with Crippen LogP contribution in [0, 0.1) is 0 Å². The van der Waals surface area contributed by atoms with E-state index in [1.165, 1.54) is 0 Å². The zero-order chi connectivity index (χ0) is 13.3. The number of rotatable bonds is 9. The number of hydrogen-bond acceptors (Lipinski definition) is 5. The van der Waals surface area contributed by atoms with Gasteiger partial charge in [-0.3, -0.25) is 14.4 Å². The largest absolute Gasteiger partial charge is 0.481 e. The molecular formula is C9H16N2O5S. The molecule has 0 aliphatic carbocycles. The van der Waals surface area contributed by atoms with Gasteiger partial charge in [0.25, 0.3) is 0 Å². The summed E-state index contributed by atoms with van der Waals surface area (Å²) in [6.07, 6.45) is 0.387. The molecule has 0 spiro atoms. The van der Waals surface area contributed by atoms with Gasteiger partial charge in [-0.2, -0.15) is 0 Å². The Labute approximate surface area is 103 Å². The van der Waals surface area contributed by atoms with E-state index in [2.05, 4.69) is 5.32 Å². The van der Waals surface area contributed by atoms with Crippen molar-refractivity contribution in [1.29, 1.82) is 0 Å². The number of nitrogens with two attached hydrogens (primary N) is 1. The highest BCUT2D eigenvalue weighted by atomic mass is 32.2. The number of carboxylic acids is 2. The Morgan fingerprint density at radius 3 is 2.47 bits per heavy atom. The summed E-state index contributed by atoms with van der Waals surface area (Å²) in [5.74, 6) is -1.97. The van der Waals surface area contributed by atoms with Gasteiger partial charge in [-0.15, -0.1) is 11.8 Å². The summed E-state index contributed by atoms with van der Waals surface area (Å²) in [4.78, 5) is 31.7. The van der Waals surface area contributed by atoms with Crippen LogP contribution < -0.4 is 11.1 Å². The van der Waals surface area contributed by atoms with Crippen LogP contribution in [-0.2, 0) is 14.4 Å². The van der Waals surface area contributed by atoms with E-state index in [1.54, 1.807) is 0 Å². The summed E-state index contributed by atoms with van der Waals surface area (Å²) >= 11 is 1.13. The van der Waals surface area contributed by atoms with Crippen molar-refractivity contribution in [2.24, 2.45) is 5.73 Å². The average molecular weight is 264 g/mol. The van der Waals surface area contributed by atoms with Gasteiger partial charge in [0.2, 0.25) is 5.91 Å². The predicted molar refractivity (Wildman–Crippen MR) is 62.8 cm³/mol. The fourth-order valence-electron chi connectivity index (χ4n) is 0.868. The summed E-state index contributed by atoms with van der Waals surface area (Å²) in [5, 5.41) is 19.4. The molecule has 5 N–H and O–H groups in total. The molecule has 8 heteroatoms. The number of aliphatic carboxylic acids is 2. The number of carboxylic acid groups (broad SMARTS) is 2. The molecule has 0 aliphatic rings. The number of hydrogen-bond donors (Lipinski definition) is 4. The van der Waals surface area contributed by atoms with Gasteiger partial charge in [0, 0.05) is 18.7 Å². The molecule has 1 amide bonds. The van der Waals surface area contributed by atoms with E-state index in [0.29, 0.717) is 13.0 Å². The smallest absolute Gasteiger partial charge is 0.321 e. The molecule has 98 valence electrons. The van der Waals surface area contributed by atoms with Gasteiger partial charge in [0.05, 0.1) is 5.75 Å². The first-order chi connectivity index (χ1) is 7.93. The fraction of sp³-hybridized carbons (Fsp3) is 0.667. The van der Waals surface area contributed by atoms with Crippen LogP contribution in [0.4, 0.5) is 0 Å². The third kappa shape index (κ3) is 9.64. The molecule has 0 aromatic rings. The van der Waals surface area contributed by atoms with Crippen LogP contribution in [0.2, 0.25) is 0 Å². The molecule has 0 saturated heterocycles. The molecule has 0 aromatic carbocycles. The maximum Gasteiger partial charge on any atom is 0.321 e. The molecule has 0 aliphatic heterocycles. The highest BCUT2D eigenvalue weighted by Crippen LogP contribution is 2.01. The monoisotopic (exact) mass is 264 g/mol. The van der Waals surface area contributed by atoms with Crippen LogP contribution in [0.5, 0.6) is 0 Å². The first kappa shape index (κ1) is 15.7. The molecule has 0 radical (unpaired) electrons. The number of carbonyl (C=O) groups excluding carboxylic acids is 1.